The van der Waals surface area contributed by atoms with Gasteiger partial charge in [-0.25, -0.2) is 0 Å². The summed E-state index contributed by atoms with van der Waals surface area (Å²) in [5.74, 6) is -0.397. The summed E-state index contributed by atoms with van der Waals surface area (Å²) in [6, 6.07) is 9.30. The monoisotopic (exact) mass is 366 g/mol. The fraction of sp³-hybridized carbons (Fsp3) is 0.294. The fourth-order valence-corrected chi connectivity index (χ4v) is 3.16. The maximum absolute atomic E-state index is 12.3. The van der Waals surface area contributed by atoms with Crippen molar-refractivity contribution in [3.63, 3.8) is 0 Å². The Bertz CT molecular complexity index is 741. The first-order valence-electron chi connectivity index (χ1n) is 7.42. The molecule has 0 spiro atoms. The van der Waals surface area contributed by atoms with Gasteiger partial charge in [-0.1, -0.05) is 11.6 Å². The number of nitrogens with zero attached hydrogens (tertiary/aromatic N) is 1. The molecule has 5 nitrogen and oxygen atoms in total. The molecule has 0 aliphatic rings. The summed E-state index contributed by atoms with van der Waals surface area (Å²) in [6.07, 6.45) is 0. The number of thioether (sulfide) groups is 1. The van der Waals surface area contributed by atoms with Gasteiger partial charge in [0, 0.05) is 34.4 Å². The van der Waals surface area contributed by atoms with Gasteiger partial charge >= 0.3 is 5.97 Å². The summed E-state index contributed by atoms with van der Waals surface area (Å²) in [5.41, 5.74) is 3.38. The van der Waals surface area contributed by atoms with Crippen LogP contribution in [0.15, 0.2) is 30.3 Å². The van der Waals surface area contributed by atoms with Crippen LogP contribution < -0.4 is 5.32 Å². The van der Waals surface area contributed by atoms with Gasteiger partial charge in [-0.05, 0) is 44.2 Å². The number of amides is 1. The summed E-state index contributed by atoms with van der Waals surface area (Å²) < 4.78 is 2.00. The number of aryl methyl sites for hydroxylation is 1. The molecule has 1 aromatic heterocycles. The van der Waals surface area contributed by atoms with Crippen LogP contribution in [0.25, 0.3) is 5.69 Å². The minimum absolute atomic E-state index is 0.0426. The molecule has 0 unspecified atom stereocenters. The van der Waals surface area contributed by atoms with E-state index in [2.05, 4.69) is 5.32 Å². The van der Waals surface area contributed by atoms with E-state index in [1.54, 1.807) is 0 Å². The van der Waals surface area contributed by atoms with E-state index in [0.29, 0.717) is 22.9 Å². The largest absolute Gasteiger partial charge is 0.481 e. The van der Waals surface area contributed by atoms with Crippen molar-refractivity contribution in [2.24, 2.45) is 0 Å². The number of hydrogen-bond donors (Lipinski definition) is 2. The summed E-state index contributed by atoms with van der Waals surface area (Å²) in [5, 5.41) is 12.1. The molecule has 0 radical (unpaired) electrons. The van der Waals surface area contributed by atoms with Gasteiger partial charge < -0.3 is 15.0 Å². The Morgan fingerprint density at radius 2 is 1.92 bits per heavy atom. The maximum atomic E-state index is 12.3. The number of hydrogen-bond acceptors (Lipinski definition) is 3. The highest BCUT2D eigenvalue weighted by Gasteiger charge is 2.16. The number of aliphatic carboxylic acids is 1. The smallest absolute Gasteiger partial charge is 0.313 e. The Balaban J connectivity index is 2.06. The minimum atomic E-state index is -0.849. The Kier molecular flexibility index (Phi) is 6.34. The second-order valence-electron chi connectivity index (χ2n) is 5.30. The summed E-state index contributed by atoms with van der Waals surface area (Å²) in [6.45, 7) is 4.28. The van der Waals surface area contributed by atoms with E-state index in [-0.39, 0.29) is 11.7 Å². The first kappa shape index (κ1) is 18.4. The second-order valence-corrected chi connectivity index (χ2v) is 6.84. The SMILES string of the molecule is Cc1cc(C(=O)NCCSCC(=O)O)c(C)n1-c1ccc(Cl)cc1. The third kappa shape index (κ3) is 4.55. The molecule has 0 atom stereocenters. The average molecular weight is 367 g/mol. The zero-order chi connectivity index (χ0) is 17.7. The minimum Gasteiger partial charge on any atom is -0.481 e. The Morgan fingerprint density at radius 3 is 2.54 bits per heavy atom. The van der Waals surface area contributed by atoms with Crippen LogP contribution in [0.2, 0.25) is 5.02 Å². The van der Waals surface area contributed by atoms with Gasteiger partial charge in [-0.3, -0.25) is 9.59 Å². The molecule has 0 saturated heterocycles. The summed E-state index contributed by atoms with van der Waals surface area (Å²) in [4.78, 5) is 22.8. The molecule has 0 aliphatic heterocycles. The van der Waals surface area contributed by atoms with E-state index in [9.17, 15) is 9.59 Å². The van der Waals surface area contributed by atoms with Crippen LogP contribution in [0.3, 0.4) is 0 Å². The van der Waals surface area contributed by atoms with Crippen molar-refractivity contribution < 1.29 is 14.7 Å². The van der Waals surface area contributed by atoms with E-state index < -0.39 is 5.97 Å². The number of aromatic nitrogens is 1. The predicted molar refractivity (Wildman–Crippen MR) is 97.5 cm³/mol. The highest BCUT2D eigenvalue weighted by molar-refractivity contribution is 7.99. The molecule has 2 N–H and O–H groups in total. The van der Waals surface area contributed by atoms with Crippen molar-refractivity contribution in [3.8, 4) is 5.69 Å². The quantitative estimate of drug-likeness (QED) is 0.737. The number of carboxylic acid groups (broad SMARTS) is 1. The van der Waals surface area contributed by atoms with Crippen molar-refractivity contribution in [2.45, 2.75) is 13.8 Å². The van der Waals surface area contributed by atoms with Crippen molar-refractivity contribution in [1.82, 2.24) is 9.88 Å². The molecule has 2 rings (SSSR count). The van der Waals surface area contributed by atoms with E-state index in [4.69, 9.17) is 16.7 Å². The van der Waals surface area contributed by atoms with Crippen LogP contribution in [-0.4, -0.2) is 39.6 Å². The van der Waals surface area contributed by atoms with Crippen molar-refractivity contribution in [2.75, 3.05) is 18.1 Å². The summed E-state index contributed by atoms with van der Waals surface area (Å²) in [7, 11) is 0. The van der Waals surface area contributed by atoms with Crippen LogP contribution in [0, 0.1) is 13.8 Å². The molecular formula is C17H19ClN2O3S. The van der Waals surface area contributed by atoms with E-state index in [0.717, 1.165) is 17.1 Å². The van der Waals surface area contributed by atoms with Gasteiger partial charge in [0.1, 0.15) is 0 Å². The molecule has 128 valence electrons. The lowest BCUT2D eigenvalue weighted by Crippen LogP contribution is -2.26. The average Bonchev–Trinajstić information content (AvgIpc) is 2.82. The highest BCUT2D eigenvalue weighted by atomic mass is 35.5. The molecule has 0 fully saturated rings. The van der Waals surface area contributed by atoms with Gasteiger partial charge in [0.2, 0.25) is 0 Å². The number of carboxylic acids is 1. The standard InChI is InChI=1S/C17H19ClN2O3S/c1-11-9-15(17(23)19-7-8-24-10-16(21)22)12(2)20(11)14-5-3-13(18)4-6-14/h3-6,9H,7-8,10H2,1-2H3,(H,19,23)(H,21,22). The molecule has 24 heavy (non-hydrogen) atoms. The normalized spacial score (nSPS) is 10.6. The topological polar surface area (TPSA) is 71.3 Å². The fourth-order valence-electron chi connectivity index (χ4n) is 2.47. The Morgan fingerprint density at radius 1 is 1.25 bits per heavy atom. The van der Waals surface area contributed by atoms with E-state index >= 15 is 0 Å². The molecular weight excluding hydrogens is 348 g/mol. The maximum Gasteiger partial charge on any atom is 0.313 e. The molecule has 1 heterocycles. The Labute approximate surface area is 150 Å². The number of rotatable bonds is 7. The molecule has 0 aliphatic carbocycles. The lowest BCUT2D eigenvalue weighted by atomic mass is 10.2. The highest BCUT2D eigenvalue weighted by Crippen LogP contribution is 2.22. The first-order chi connectivity index (χ1) is 11.4. The van der Waals surface area contributed by atoms with Gasteiger partial charge in [0.15, 0.2) is 0 Å². The van der Waals surface area contributed by atoms with Crippen LogP contribution in [-0.2, 0) is 4.79 Å². The van der Waals surface area contributed by atoms with Crippen LogP contribution in [0.5, 0.6) is 0 Å². The van der Waals surface area contributed by atoms with E-state index in [1.807, 2.05) is 48.7 Å². The van der Waals surface area contributed by atoms with Crippen LogP contribution >= 0.6 is 23.4 Å². The molecule has 1 aromatic carbocycles. The lowest BCUT2D eigenvalue weighted by Gasteiger charge is -2.10. The second kappa shape index (κ2) is 8.26. The molecule has 1 amide bonds. The Hall–Kier alpha value is -1.92. The molecule has 0 bridgehead atoms. The zero-order valence-electron chi connectivity index (χ0n) is 13.5. The van der Waals surface area contributed by atoms with E-state index in [1.165, 1.54) is 11.8 Å². The number of carbonyl (C=O) groups is 2. The number of benzene rings is 1. The van der Waals surface area contributed by atoms with Crippen molar-refractivity contribution >= 4 is 35.2 Å². The van der Waals surface area contributed by atoms with Gasteiger partial charge in [0.05, 0.1) is 11.3 Å². The number of nitrogens with one attached hydrogen (secondary N) is 1. The third-order valence-corrected chi connectivity index (χ3v) is 4.71. The lowest BCUT2D eigenvalue weighted by molar-refractivity contribution is -0.133. The third-order valence-electron chi connectivity index (χ3n) is 3.52. The molecule has 2 aromatic rings. The van der Waals surface area contributed by atoms with Gasteiger partial charge in [-0.15, -0.1) is 11.8 Å². The van der Waals surface area contributed by atoms with Crippen molar-refractivity contribution in [1.29, 1.82) is 0 Å². The number of halogens is 1. The van der Waals surface area contributed by atoms with Crippen LogP contribution in [0.1, 0.15) is 21.7 Å². The van der Waals surface area contributed by atoms with Gasteiger partial charge in [-0.2, -0.15) is 0 Å². The van der Waals surface area contributed by atoms with Gasteiger partial charge in [0.25, 0.3) is 5.91 Å². The zero-order valence-corrected chi connectivity index (χ0v) is 15.1. The summed E-state index contributed by atoms with van der Waals surface area (Å²) >= 11 is 7.20. The first-order valence-corrected chi connectivity index (χ1v) is 8.96. The predicted octanol–water partition coefficient (Wildman–Crippen LogP) is 3.30. The molecule has 7 heteroatoms. The molecule has 0 saturated carbocycles. The van der Waals surface area contributed by atoms with Crippen LogP contribution in [0.4, 0.5) is 0 Å². The van der Waals surface area contributed by atoms with Crippen molar-refractivity contribution in [3.05, 3.63) is 52.3 Å². The number of carbonyl (C=O) groups excluding carboxylic acids is 1.